The smallest absolute Gasteiger partial charge is 0.271 e. The molecule has 3 heterocycles. The first kappa shape index (κ1) is 14.6. The van der Waals surface area contributed by atoms with Gasteiger partial charge in [-0.2, -0.15) is 0 Å². The van der Waals surface area contributed by atoms with Crippen molar-refractivity contribution in [3.05, 3.63) is 28.9 Å². The largest absolute Gasteiger partial charge is 0.387 e. The molecule has 1 aliphatic carbocycles. The maximum atomic E-state index is 13.0. The number of hydrogen-bond donors (Lipinski definition) is 1. The molecule has 4 rings (SSSR count). The molecule has 0 spiro atoms. The molecule has 0 amide bonds. The molecule has 23 heavy (non-hydrogen) atoms. The highest BCUT2D eigenvalue weighted by Crippen LogP contribution is 2.35. The first-order valence-corrected chi connectivity index (χ1v) is 8.96. The topological polar surface area (TPSA) is 59.8 Å². The zero-order chi connectivity index (χ0) is 16.0. The molecule has 0 unspecified atom stereocenters. The lowest BCUT2D eigenvalue weighted by Crippen LogP contribution is -2.27. The van der Waals surface area contributed by atoms with Gasteiger partial charge in [-0.25, -0.2) is 9.97 Å². The number of hydrogen-bond acceptors (Lipinski definition) is 5. The van der Waals surface area contributed by atoms with Gasteiger partial charge in [-0.15, -0.1) is 11.3 Å². The van der Waals surface area contributed by atoms with Gasteiger partial charge in [0.1, 0.15) is 9.53 Å². The van der Waals surface area contributed by atoms with E-state index in [-0.39, 0.29) is 11.6 Å². The van der Waals surface area contributed by atoms with Crippen LogP contribution in [0.3, 0.4) is 0 Å². The van der Waals surface area contributed by atoms with Crippen LogP contribution < -0.4 is 10.9 Å². The summed E-state index contributed by atoms with van der Waals surface area (Å²) in [4.78, 5) is 22.9. The monoisotopic (exact) mass is 328 g/mol. The molecule has 1 N–H and O–H groups in total. The van der Waals surface area contributed by atoms with E-state index in [1.165, 1.54) is 24.2 Å². The van der Waals surface area contributed by atoms with E-state index >= 15 is 0 Å². The number of thiophene rings is 1. The summed E-state index contributed by atoms with van der Waals surface area (Å²) >= 11 is 1.45. The van der Waals surface area contributed by atoms with Gasteiger partial charge in [-0.05, 0) is 37.7 Å². The lowest BCUT2D eigenvalue weighted by atomic mass is 9.87. The van der Waals surface area contributed by atoms with E-state index in [1.807, 2.05) is 17.7 Å². The number of nitrogens with one attached hydrogen (secondary N) is 1. The first-order valence-electron chi connectivity index (χ1n) is 8.15. The molecule has 0 radical (unpaired) electrons. The van der Waals surface area contributed by atoms with Crippen LogP contribution in [0.1, 0.15) is 38.6 Å². The van der Waals surface area contributed by atoms with E-state index < -0.39 is 0 Å². The number of fused-ring (bicyclic) bond motifs is 3. The molecule has 1 aliphatic rings. The van der Waals surface area contributed by atoms with Crippen molar-refractivity contribution in [3.63, 3.8) is 0 Å². The normalized spacial score (nSPS) is 21.8. The van der Waals surface area contributed by atoms with Crippen molar-refractivity contribution in [2.45, 2.75) is 38.6 Å². The van der Waals surface area contributed by atoms with Crippen molar-refractivity contribution < 1.29 is 0 Å². The Bertz CT molecular complexity index is 921. The van der Waals surface area contributed by atoms with Crippen LogP contribution >= 0.6 is 11.3 Å². The maximum absolute atomic E-state index is 13.0. The average molecular weight is 328 g/mol. The van der Waals surface area contributed by atoms with Gasteiger partial charge >= 0.3 is 0 Å². The quantitative estimate of drug-likeness (QED) is 0.777. The highest BCUT2D eigenvalue weighted by molar-refractivity contribution is 7.25. The average Bonchev–Trinajstić information content (AvgIpc) is 2.96. The fraction of sp³-hybridized carbons (Fsp3) is 0.471. The second-order valence-electron chi connectivity index (χ2n) is 6.44. The summed E-state index contributed by atoms with van der Waals surface area (Å²) in [6.07, 6.45) is 8.02. The zero-order valence-electron chi connectivity index (χ0n) is 13.4. The van der Waals surface area contributed by atoms with Gasteiger partial charge in [-0.3, -0.25) is 9.36 Å². The summed E-state index contributed by atoms with van der Waals surface area (Å²) in [6.45, 7) is 2.29. The molecule has 5 nitrogen and oxygen atoms in total. The van der Waals surface area contributed by atoms with Crippen LogP contribution in [-0.4, -0.2) is 21.6 Å². The summed E-state index contributed by atoms with van der Waals surface area (Å²) in [5.74, 6) is 0.769. The highest BCUT2D eigenvalue weighted by Gasteiger charge is 2.22. The molecule has 0 atom stereocenters. The van der Waals surface area contributed by atoms with Gasteiger partial charge in [0.2, 0.25) is 0 Å². The Kier molecular flexibility index (Phi) is 3.56. The van der Waals surface area contributed by atoms with Crippen molar-refractivity contribution in [2.75, 3.05) is 12.4 Å². The van der Waals surface area contributed by atoms with Crippen molar-refractivity contribution in [3.8, 4) is 0 Å². The number of anilines is 1. The fourth-order valence-electron chi connectivity index (χ4n) is 3.55. The molecule has 1 fully saturated rings. The number of nitrogens with zero attached hydrogens (tertiary/aromatic N) is 3. The molecule has 120 valence electrons. The summed E-state index contributed by atoms with van der Waals surface area (Å²) < 4.78 is 2.57. The van der Waals surface area contributed by atoms with E-state index in [0.29, 0.717) is 0 Å². The minimum Gasteiger partial charge on any atom is -0.387 e. The molecule has 1 saturated carbocycles. The third kappa shape index (κ3) is 2.32. The summed E-state index contributed by atoms with van der Waals surface area (Å²) in [5.41, 5.74) is 1.82. The van der Waals surface area contributed by atoms with E-state index in [2.05, 4.69) is 22.2 Å². The van der Waals surface area contributed by atoms with Crippen LogP contribution in [-0.2, 0) is 0 Å². The van der Waals surface area contributed by atoms with Crippen molar-refractivity contribution >= 4 is 37.5 Å². The van der Waals surface area contributed by atoms with Gasteiger partial charge < -0.3 is 5.32 Å². The van der Waals surface area contributed by atoms with Crippen LogP contribution in [0, 0.1) is 5.92 Å². The Balaban J connectivity index is 1.89. The van der Waals surface area contributed by atoms with Gasteiger partial charge in [-0.1, -0.05) is 6.92 Å². The molecule has 0 bridgehead atoms. The van der Waals surface area contributed by atoms with Gasteiger partial charge in [0.05, 0.1) is 17.2 Å². The van der Waals surface area contributed by atoms with Crippen LogP contribution in [0.2, 0.25) is 0 Å². The number of aromatic nitrogens is 3. The van der Waals surface area contributed by atoms with E-state index in [1.54, 1.807) is 12.5 Å². The predicted octanol–water partition coefficient (Wildman–Crippen LogP) is 3.80. The Morgan fingerprint density at radius 1 is 1.26 bits per heavy atom. The van der Waals surface area contributed by atoms with Gasteiger partial charge in [0.15, 0.2) is 0 Å². The molecule has 3 aromatic heterocycles. The molecular formula is C17H20N4OS. The first-order chi connectivity index (χ1) is 11.2. The van der Waals surface area contributed by atoms with Crippen LogP contribution in [0.5, 0.6) is 0 Å². The third-order valence-electron chi connectivity index (χ3n) is 4.95. The minimum atomic E-state index is 0.0830. The van der Waals surface area contributed by atoms with E-state index in [9.17, 15) is 4.79 Å². The zero-order valence-corrected chi connectivity index (χ0v) is 14.2. The Hall–Kier alpha value is -1.95. The second kappa shape index (κ2) is 5.60. The molecule has 0 aromatic carbocycles. The van der Waals surface area contributed by atoms with Gasteiger partial charge in [0.25, 0.3) is 5.56 Å². The SMILES string of the molecule is CNc1ccnc2sc3c(=O)n(C4CCC(C)CC4)cnc3c12. The van der Waals surface area contributed by atoms with Crippen LogP contribution in [0.15, 0.2) is 23.4 Å². The molecule has 6 heteroatoms. The third-order valence-corrected chi connectivity index (χ3v) is 6.03. The molecule has 0 aliphatic heterocycles. The fourth-order valence-corrected chi connectivity index (χ4v) is 4.61. The Labute approximate surface area is 138 Å². The van der Waals surface area contributed by atoms with Crippen LogP contribution in [0.25, 0.3) is 20.4 Å². The van der Waals surface area contributed by atoms with E-state index in [4.69, 9.17) is 0 Å². The molecule has 3 aromatic rings. The second-order valence-corrected chi connectivity index (χ2v) is 7.44. The maximum Gasteiger partial charge on any atom is 0.271 e. The Morgan fingerprint density at radius 2 is 2.04 bits per heavy atom. The summed E-state index contributed by atoms with van der Waals surface area (Å²) in [6, 6.07) is 2.21. The predicted molar refractivity (Wildman–Crippen MR) is 95.4 cm³/mol. The minimum absolute atomic E-state index is 0.0830. The van der Waals surface area contributed by atoms with Crippen molar-refractivity contribution in [1.82, 2.24) is 14.5 Å². The summed E-state index contributed by atoms with van der Waals surface area (Å²) in [7, 11) is 1.88. The highest BCUT2D eigenvalue weighted by atomic mass is 32.1. The lowest BCUT2D eigenvalue weighted by molar-refractivity contribution is 0.284. The van der Waals surface area contributed by atoms with Gasteiger partial charge in [0, 0.05) is 25.0 Å². The number of pyridine rings is 1. The van der Waals surface area contributed by atoms with Crippen molar-refractivity contribution in [1.29, 1.82) is 0 Å². The lowest BCUT2D eigenvalue weighted by Gasteiger charge is -2.27. The number of rotatable bonds is 2. The summed E-state index contributed by atoms with van der Waals surface area (Å²) in [5, 5.41) is 4.12. The Morgan fingerprint density at radius 3 is 2.78 bits per heavy atom. The molecular weight excluding hydrogens is 308 g/mol. The van der Waals surface area contributed by atoms with Crippen molar-refractivity contribution in [2.24, 2.45) is 5.92 Å². The molecule has 0 saturated heterocycles. The van der Waals surface area contributed by atoms with E-state index in [0.717, 1.165) is 44.9 Å². The standard InChI is InChI=1S/C17H20N4OS/c1-10-3-5-11(6-4-10)21-9-20-14-13-12(18-2)7-8-19-16(13)23-15(14)17(21)22/h7-11H,3-6H2,1-2H3,(H,18,19). The van der Waals surface area contributed by atoms with Crippen LogP contribution in [0.4, 0.5) is 5.69 Å².